The van der Waals surface area contributed by atoms with Crippen LogP contribution in [0.3, 0.4) is 0 Å². The monoisotopic (exact) mass is 464 g/mol. The first-order chi connectivity index (χ1) is 14.5. The van der Waals surface area contributed by atoms with Crippen molar-refractivity contribution in [2.75, 3.05) is 22.8 Å². The van der Waals surface area contributed by atoms with Crippen molar-refractivity contribution < 1.29 is 17.9 Å². The van der Waals surface area contributed by atoms with Crippen molar-refractivity contribution in [1.82, 2.24) is 0 Å². The Hall–Kier alpha value is -2.25. The van der Waals surface area contributed by atoms with Crippen LogP contribution in [0.5, 0.6) is 5.75 Å². The van der Waals surface area contributed by atoms with Gasteiger partial charge in [-0.1, -0.05) is 37.6 Å². The van der Waals surface area contributed by atoms with Crippen LogP contribution in [-0.4, -0.2) is 27.5 Å². The number of rotatable bonds is 7. The molecule has 3 rings (SSSR count). The molecule has 0 bridgehead atoms. The molecule has 168 valence electrons. The molecule has 1 aliphatic heterocycles. The molecule has 2 aromatic rings. The van der Waals surface area contributed by atoms with E-state index in [1.807, 2.05) is 13.8 Å². The molecule has 0 saturated carbocycles. The zero-order valence-corrected chi connectivity index (χ0v) is 19.9. The normalized spacial score (nSPS) is 15.9. The van der Waals surface area contributed by atoms with Gasteiger partial charge in [-0.25, -0.2) is 8.42 Å². The number of carbonyl (C=O) groups excluding carboxylic acids is 1. The van der Waals surface area contributed by atoms with Gasteiger partial charge in [-0.3, -0.25) is 9.52 Å². The van der Waals surface area contributed by atoms with Crippen molar-refractivity contribution in [1.29, 1.82) is 0 Å². The molecule has 1 N–H and O–H groups in total. The van der Waals surface area contributed by atoms with Crippen LogP contribution < -0.4 is 14.4 Å². The third-order valence-electron chi connectivity index (χ3n) is 5.11. The SMILES string of the molecule is CC(C)CCN1C(=O)C(C)(C)COc2ccc(NS(=O)(=O)Cc3cccc(Cl)c3)cc21. The number of ether oxygens (including phenoxy) is 1. The highest BCUT2D eigenvalue weighted by Crippen LogP contribution is 2.38. The van der Waals surface area contributed by atoms with E-state index in [0.717, 1.165) is 6.42 Å². The van der Waals surface area contributed by atoms with E-state index in [1.165, 1.54) is 0 Å². The first kappa shape index (κ1) is 23.4. The Bertz CT molecular complexity index is 1070. The molecule has 31 heavy (non-hydrogen) atoms. The van der Waals surface area contributed by atoms with Crippen LogP contribution in [0, 0.1) is 11.3 Å². The van der Waals surface area contributed by atoms with Crippen LogP contribution in [0.2, 0.25) is 5.02 Å². The highest BCUT2D eigenvalue weighted by Gasteiger charge is 2.37. The van der Waals surface area contributed by atoms with Gasteiger partial charge in [0, 0.05) is 11.6 Å². The number of fused-ring (bicyclic) bond motifs is 1. The molecule has 1 amide bonds. The second-order valence-corrected chi connectivity index (χ2v) is 11.1. The van der Waals surface area contributed by atoms with Gasteiger partial charge in [0.15, 0.2) is 0 Å². The van der Waals surface area contributed by atoms with Crippen molar-refractivity contribution in [3.8, 4) is 5.75 Å². The maximum atomic E-state index is 13.2. The van der Waals surface area contributed by atoms with Crippen LogP contribution in [0.4, 0.5) is 11.4 Å². The molecule has 1 aliphatic rings. The lowest BCUT2D eigenvalue weighted by Crippen LogP contribution is -2.42. The smallest absolute Gasteiger partial charge is 0.236 e. The summed E-state index contributed by atoms with van der Waals surface area (Å²) in [6.45, 7) is 8.72. The lowest BCUT2D eigenvalue weighted by Gasteiger charge is -2.28. The minimum Gasteiger partial charge on any atom is -0.490 e. The maximum Gasteiger partial charge on any atom is 0.236 e. The number of benzene rings is 2. The van der Waals surface area contributed by atoms with Gasteiger partial charge < -0.3 is 9.64 Å². The van der Waals surface area contributed by atoms with Gasteiger partial charge in [-0.15, -0.1) is 0 Å². The van der Waals surface area contributed by atoms with Crippen LogP contribution in [0.25, 0.3) is 0 Å². The Labute approximate surface area is 189 Å². The Morgan fingerprint density at radius 1 is 1.19 bits per heavy atom. The van der Waals surface area contributed by atoms with Gasteiger partial charge in [0.05, 0.1) is 22.5 Å². The van der Waals surface area contributed by atoms with Gasteiger partial charge in [0.25, 0.3) is 0 Å². The minimum absolute atomic E-state index is 0.0363. The van der Waals surface area contributed by atoms with Gasteiger partial charge >= 0.3 is 0 Å². The van der Waals surface area contributed by atoms with E-state index in [1.54, 1.807) is 47.4 Å². The predicted octanol–water partition coefficient (Wildman–Crippen LogP) is 5.08. The topological polar surface area (TPSA) is 75.7 Å². The number of hydrogen-bond acceptors (Lipinski definition) is 4. The number of nitrogens with one attached hydrogen (secondary N) is 1. The molecule has 0 spiro atoms. The first-order valence-electron chi connectivity index (χ1n) is 10.3. The Morgan fingerprint density at radius 2 is 1.94 bits per heavy atom. The summed E-state index contributed by atoms with van der Waals surface area (Å²) in [4.78, 5) is 14.9. The zero-order chi connectivity index (χ0) is 22.8. The largest absolute Gasteiger partial charge is 0.490 e. The molecule has 6 nitrogen and oxygen atoms in total. The summed E-state index contributed by atoms with van der Waals surface area (Å²) in [5, 5.41) is 0.483. The van der Waals surface area contributed by atoms with Gasteiger partial charge in [0.1, 0.15) is 12.4 Å². The number of halogens is 1. The average molecular weight is 465 g/mol. The Balaban J connectivity index is 1.89. The molecular weight excluding hydrogens is 436 g/mol. The molecule has 0 unspecified atom stereocenters. The molecule has 0 aromatic heterocycles. The summed E-state index contributed by atoms with van der Waals surface area (Å²) in [6.07, 6.45) is 0.825. The van der Waals surface area contributed by atoms with Crippen LogP contribution in [-0.2, 0) is 20.6 Å². The van der Waals surface area contributed by atoms with Crippen LogP contribution in [0.1, 0.15) is 39.7 Å². The molecule has 8 heteroatoms. The fourth-order valence-corrected chi connectivity index (χ4v) is 4.77. The molecule has 0 saturated heterocycles. The molecule has 1 heterocycles. The summed E-state index contributed by atoms with van der Waals surface area (Å²) in [5.74, 6) is 0.749. The van der Waals surface area contributed by atoms with Crippen molar-refractivity contribution in [2.24, 2.45) is 11.3 Å². The lowest BCUT2D eigenvalue weighted by atomic mass is 9.92. The van der Waals surface area contributed by atoms with Crippen LogP contribution >= 0.6 is 11.6 Å². The lowest BCUT2D eigenvalue weighted by molar-refractivity contribution is -0.127. The summed E-state index contributed by atoms with van der Waals surface area (Å²) < 4.78 is 34.0. The Morgan fingerprint density at radius 3 is 2.61 bits per heavy atom. The Kier molecular flexibility index (Phi) is 6.86. The summed E-state index contributed by atoms with van der Waals surface area (Å²) in [6, 6.07) is 11.8. The molecule has 0 atom stereocenters. The van der Waals surface area contributed by atoms with E-state index in [9.17, 15) is 13.2 Å². The van der Waals surface area contributed by atoms with Crippen molar-refractivity contribution in [2.45, 2.75) is 39.9 Å². The van der Waals surface area contributed by atoms with Crippen molar-refractivity contribution in [3.63, 3.8) is 0 Å². The van der Waals surface area contributed by atoms with Gasteiger partial charge in [-0.05, 0) is 62.1 Å². The van der Waals surface area contributed by atoms with Crippen LogP contribution in [0.15, 0.2) is 42.5 Å². The number of hydrogen-bond donors (Lipinski definition) is 1. The van der Waals surface area contributed by atoms with E-state index in [0.29, 0.717) is 40.2 Å². The summed E-state index contributed by atoms with van der Waals surface area (Å²) >= 11 is 5.97. The highest BCUT2D eigenvalue weighted by atomic mass is 35.5. The molecule has 0 radical (unpaired) electrons. The highest BCUT2D eigenvalue weighted by molar-refractivity contribution is 7.91. The van der Waals surface area contributed by atoms with Gasteiger partial charge in [0.2, 0.25) is 15.9 Å². The fourth-order valence-electron chi connectivity index (χ4n) is 3.38. The van der Waals surface area contributed by atoms with E-state index >= 15 is 0 Å². The zero-order valence-electron chi connectivity index (χ0n) is 18.3. The molecule has 0 aliphatic carbocycles. The van der Waals surface area contributed by atoms with E-state index < -0.39 is 15.4 Å². The maximum absolute atomic E-state index is 13.2. The number of sulfonamides is 1. The number of carbonyl (C=O) groups is 1. The third kappa shape index (κ3) is 5.92. The second kappa shape index (κ2) is 9.09. The quantitative estimate of drug-likeness (QED) is 0.620. The van der Waals surface area contributed by atoms with Crippen molar-refractivity contribution >= 4 is 38.9 Å². The first-order valence-corrected chi connectivity index (χ1v) is 12.3. The van der Waals surface area contributed by atoms with Gasteiger partial charge in [-0.2, -0.15) is 0 Å². The molecule has 0 fully saturated rings. The minimum atomic E-state index is -3.67. The van der Waals surface area contributed by atoms with Crippen molar-refractivity contribution in [3.05, 3.63) is 53.1 Å². The molecular formula is C23H29ClN2O4S. The van der Waals surface area contributed by atoms with E-state index in [-0.39, 0.29) is 18.3 Å². The molecule has 2 aromatic carbocycles. The number of nitrogens with zero attached hydrogens (tertiary/aromatic N) is 1. The fraction of sp³-hybridized carbons (Fsp3) is 0.435. The summed E-state index contributed by atoms with van der Waals surface area (Å²) in [5.41, 5.74) is 0.876. The predicted molar refractivity (Wildman–Crippen MR) is 125 cm³/mol. The van der Waals surface area contributed by atoms with E-state index in [4.69, 9.17) is 16.3 Å². The summed E-state index contributed by atoms with van der Waals surface area (Å²) in [7, 11) is -3.67. The van der Waals surface area contributed by atoms with E-state index in [2.05, 4.69) is 18.6 Å². The second-order valence-electron chi connectivity index (χ2n) is 8.99. The number of amides is 1. The standard InChI is InChI=1S/C23H29ClN2O4S/c1-16(2)10-11-26-20-13-19(8-9-21(20)30-15-23(3,4)22(26)27)25-31(28,29)14-17-6-5-7-18(24)12-17/h5-9,12-13,16,25H,10-11,14-15H2,1-4H3. The average Bonchev–Trinajstić information content (AvgIpc) is 2.74. The third-order valence-corrected chi connectivity index (χ3v) is 6.61. The number of anilines is 2.